The van der Waals surface area contributed by atoms with Crippen LogP contribution in [0.2, 0.25) is 0 Å². The number of carbonyl (C=O) groups is 1. The highest BCUT2D eigenvalue weighted by Crippen LogP contribution is 2.30. The molecule has 2 aromatic carbocycles. The molecule has 1 saturated heterocycles. The molecule has 1 amide bonds. The zero-order valence-corrected chi connectivity index (χ0v) is 16.6. The van der Waals surface area contributed by atoms with E-state index < -0.39 is 6.10 Å². The largest absolute Gasteiger partial charge is 0.465 e. The van der Waals surface area contributed by atoms with Gasteiger partial charge in [-0.15, -0.1) is 0 Å². The molecule has 0 saturated carbocycles. The van der Waals surface area contributed by atoms with Crippen molar-refractivity contribution in [1.29, 1.82) is 0 Å². The molecule has 0 aromatic heterocycles. The van der Waals surface area contributed by atoms with E-state index in [1.54, 1.807) is 0 Å². The lowest BCUT2D eigenvalue weighted by Gasteiger charge is -2.27. The fourth-order valence-corrected chi connectivity index (χ4v) is 3.41. The van der Waals surface area contributed by atoms with E-state index in [0.717, 1.165) is 35.3 Å². The molecule has 0 aliphatic carbocycles. The Balaban J connectivity index is 1.84. The second-order valence-corrected chi connectivity index (χ2v) is 7.22. The van der Waals surface area contributed by atoms with E-state index in [2.05, 4.69) is 42.6 Å². The van der Waals surface area contributed by atoms with Gasteiger partial charge < -0.3 is 19.9 Å². The third kappa shape index (κ3) is 5.57. The van der Waals surface area contributed by atoms with Crippen LogP contribution in [0, 0.1) is 0 Å². The molecule has 2 atom stereocenters. The number of hydrogen-bond acceptors (Lipinski definition) is 4. The first-order valence-electron chi connectivity index (χ1n) is 9.98. The van der Waals surface area contributed by atoms with Crippen molar-refractivity contribution in [2.24, 2.45) is 0 Å². The molecule has 0 bridgehead atoms. The Hall–Kier alpha value is -2.37. The van der Waals surface area contributed by atoms with Crippen molar-refractivity contribution in [1.82, 2.24) is 5.32 Å². The lowest BCUT2D eigenvalue weighted by Crippen LogP contribution is -2.32. The first kappa shape index (κ1) is 20.4. The third-order valence-electron chi connectivity index (χ3n) is 4.97. The number of ether oxygens (including phenoxy) is 2. The Bertz CT molecular complexity index is 797. The number of aliphatic hydroxyl groups is 1. The smallest absolute Gasteiger partial charge is 0.216 e. The molecule has 0 radical (unpaired) electrons. The molecule has 1 aliphatic rings. The zero-order chi connectivity index (χ0) is 19.9. The van der Waals surface area contributed by atoms with Crippen LogP contribution in [0.5, 0.6) is 5.75 Å². The topological polar surface area (TPSA) is 67.8 Å². The van der Waals surface area contributed by atoms with Gasteiger partial charge in [0.05, 0.1) is 12.7 Å². The molecule has 3 rings (SSSR count). The first-order valence-corrected chi connectivity index (χ1v) is 9.98. The summed E-state index contributed by atoms with van der Waals surface area (Å²) in [5.41, 5.74) is 4.69. The van der Waals surface area contributed by atoms with Crippen molar-refractivity contribution in [2.75, 3.05) is 13.2 Å². The second kappa shape index (κ2) is 9.71. The Morgan fingerprint density at radius 1 is 1.25 bits per heavy atom. The minimum Gasteiger partial charge on any atom is -0.465 e. The highest BCUT2D eigenvalue weighted by molar-refractivity contribution is 5.73. The molecule has 5 nitrogen and oxygen atoms in total. The minimum atomic E-state index is -0.400. The van der Waals surface area contributed by atoms with E-state index in [4.69, 9.17) is 9.47 Å². The summed E-state index contributed by atoms with van der Waals surface area (Å²) in [7, 11) is 0. The van der Waals surface area contributed by atoms with Crippen LogP contribution in [0.3, 0.4) is 0 Å². The number of benzene rings is 2. The van der Waals surface area contributed by atoms with Gasteiger partial charge in [-0.05, 0) is 53.6 Å². The monoisotopic (exact) mass is 383 g/mol. The second-order valence-electron chi connectivity index (χ2n) is 7.22. The normalized spacial score (nSPS) is 19.2. The molecule has 1 heterocycles. The molecular formula is C23H29NO4. The molecule has 1 aliphatic heterocycles. The van der Waals surface area contributed by atoms with E-state index in [-0.39, 0.29) is 12.2 Å². The van der Waals surface area contributed by atoms with Gasteiger partial charge in [-0.1, -0.05) is 37.3 Å². The van der Waals surface area contributed by atoms with Gasteiger partial charge in [-0.2, -0.15) is 0 Å². The Morgan fingerprint density at radius 2 is 2.11 bits per heavy atom. The molecule has 2 unspecified atom stereocenters. The van der Waals surface area contributed by atoms with E-state index in [0.29, 0.717) is 26.0 Å². The Kier molecular flexibility index (Phi) is 7.06. The number of carbonyl (C=O) groups excluding carboxylic acids is 1. The Morgan fingerprint density at radius 3 is 2.82 bits per heavy atom. The van der Waals surface area contributed by atoms with E-state index >= 15 is 0 Å². The molecule has 0 spiro atoms. The van der Waals surface area contributed by atoms with Crippen LogP contribution >= 0.6 is 0 Å². The van der Waals surface area contributed by atoms with Crippen LogP contribution in [0.15, 0.2) is 42.5 Å². The number of rotatable bonds is 7. The average Bonchev–Trinajstić information content (AvgIpc) is 2.70. The standard InChI is InChI=1S/C23H29NO4/c1-3-17-5-4-6-19(13-17)22-14-21(28-23-10-8-20(26)15-27-23)9-7-18(22)11-12-24-16(2)25/h4-7,9,13-14,20,23,26H,3,8,10-12,15H2,1-2H3,(H,24,25). The van der Waals surface area contributed by atoms with Gasteiger partial charge in [0, 0.05) is 19.9 Å². The van der Waals surface area contributed by atoms with E-state index in [1.807, 2.05) is 12.1 Å². The first-order chi connectivity index (χ1) is 13.5. The van der Waals surface area contributed by atoms with Crippen molar-refractivity contribution in [3.8, 4) is 16.9 Å². The maximum atomic E-state index is 11.2. The summed E-state index contributed by atoms with van der Waals surface area (Å²) in [6.07, 6.45) is 2.35. The molecular weight excluding hydrogens is 354 g/mol. The van der Waals surface area contributed by atoms with Crippen molar-refractivity contribution < 1.29 is 19.4 Å². The maximum absolute atomic E-state index is 11.2. The van der Waals surface area contributed by atoms with Crippen LogP contribution in [-0.2, 0) is 22.4 Å². The lowest BCUT2D eigenvalue weighted by molar-refractivity contribution is -0.141. The fourth-order valence-electron chi connectivity index (χ4n) is 3.41. The van der Waals surface area contributed by atoms with Crippen LogP contribution in [0.4, 0.5) is 0 Å². The summed E-state index contributed by atoms with van der Waals surface area (Å²) in [6, 6.07) is 14.6. The van der Waals surface area contributed by atoms with Gasteiger partial charge >= 0.3 is 0 Å². The van der Waals surface area contributed by atoms with Crippen molar-refractivity contribution in [3.63, 3.8) is 0 Å². The number of amides is 1. The van der Waals surface area contributed by atoms with Crippen LogP contribution in [0.1, 0.15) is 37.8 Å². The molecule has 2 aromatic rings. The molecule has 150 valence electrons. The third-order valence-corrected chi connectivity index (χ3v) is 4.97. The molecule has 5 heteroatoms. The van der Waals surface area contributed by atoms with E-state index in [1.165, 1.54) is 12.5 Å². The summed E-state index contributed by atoms with van der Waals surface area (Å²) in [4.78, 5) is 11.2. The lowest BCUT2D eigenvalue weighted by atomic mass is 9.95. The van der Waals surface area contributed by atoms with Crippen LogP contribution in [0.25, 0.3) is 11.1 Å². The molecule has 28 heavy (non-hydrogen) atoms. The van der Waals surface area contributed by atoms with E-state index in [9.17, 15) is 9.90 Å². The SMILES string of the molecule is CCc1cccc(-c2cc(OC3CCC(O)CO3)ccc2CCNC(C)=O)c1. The fraction of sp³-hybridized carbons (Fsp3) is 0.435. The van der Waals surface area contributed by atoms with Crippen LogP contribution in [-0.4, -0.2) is 36.6 Å². The number of hydrogen-bond donors (Lipinski definition) is 2. The zero-order valence-electron chi connectivity index (χ0n) is 16.6. The minimum absolute atomic E-state index is 0.0221. The van der Waals surface area contributed by atoms with Gasteiger partial charge in [0.1, 0.15) is 5.75 Å². The van der Waals surface area contributed by atoms with Gasteiger partial charge in [0.25, 0.3) is 0 Å². The predicted octanol–water partition coefficient (Wildman–Crippen LogP) is 3.47. The van der Waals surface area contributed by atoms with Crippen molar-refractivity contribution >= 4 is 5.91 Å². The highest BCUT2D eigenvalue weighted by atomic mass is 16.7. The summed E-state index contributed by atoms with van der Waals surface area (Å²) in [5, 5.41) is 12.4. The van der Waals surface area contributed by atoms with Gasteiger partial charge in [-0.3, -0.25) is 4.79 Å². The van der Waals surface area contributed by atoms with Gasteiger partial charge in [0.15, 0.2) is 6.29 Å². The molecule has 1 fully saturated rings. The Labute approximate surface area is 166 Å². The predicted molar refractivity (Wildman–Crippen MR) is 109 cm³/mol. The number of aliphatic hydroxyl groups excluding tert-OH is 1. The van der Waals surface area contributed by atoms with Gasteiger partial charge in [0.2, 0.25) is 5.91 Å². The average molecular weight is 383 g/mol. The summed E-state index contributed by atoms with van der Waals surface area (Å²) < 4.78 is 11.6. The van der Waals surface area contributed by atoms with Crippen LogP contribution < -0.4 is 10.1 Å². The number of aryl methyl sites for hydroxylation is 1. The number of nitrogens with one attached hydrogen (secondary N) is 1. The maximum Gasteiger partial charge on any atom is 0.216 e. The summed E-state index contributed by atoms with van der Waals surface area (Å²) >= 11 is 0. The van der Waals surface area contributed by atoms with Crippen molar-refractivity contribution in [2.45, 2.75) is 51.9 Å². The summed E-state index contributed by atoms with van der Waals surface area (Å²) in [6.45, 7) is 4.58. The van der Waals surface area contributed by atoms with Crippen molar-refractivity contribution in [3.05, 3.63) is 53.6 Å². The summed E-state index contributed by atoms with van der Waals surface area (Å²) in [5.74, 6) is 0.729. The highest BCUT2D eigenvalue weighted by Gasteiger charge is 2.21. The van der Waals surface area contributed by atoms with Gasteiger partial charge in [-0.25, -0.2) is 0 Å². The molecule has 2 N–H and O–H groups in total. The quantitative estimate of drug-likeness (QED) is 0.768.